The lowest BCUT2D eigenvalue weighted by Gasteiger charge is -2.18. The van der Waals surface area contributed by atoms with E-state index in [1.54, 1.807) is 0 Å². The van der Waals surface area contributed by atoms with Crippen LogP contribution < -0.4 is 5.32 Å². The minimum absolute atomic E-state index is 0.0332. The van der Waals surface area contributed by atoms with Crippen molar-refractivity contribution in [3.8, 4) is 0 Å². The van der Waals surface area contributed by atoms with Crippen molar-refractivity contribution in [2.75, 3.05) is 14.1 Å². The van der Waals surface area contributed by atoms with Gasteiger partial charge in [-0.3, -0.25) is 19.3 Å². The molecule has 1 aromatic carbocycles. The first kappa shape index (κ1) is 22.1. The van der Waals surface area contributed by atoms with Crippen molar-refractivity contribution in [1.82, 2.24) is 20.2 Å². The van der Waals surface area contributed by atoms with Gasteiger partial charge in [-0.05, 0) is 45.6 Å². The molecule has 0 fully saturated rings. The molecule has 0 aliphatic heterocycles. The topological polar surface area (TPSA) is 136 Å². The van der Waals surface area contributed by atoms with Crippen LogP contribution in [0.3, 0.4) is 0 Å². The number of fused-ring (bicyclic) bond motifs is 1. The minimum Gasteiger partial charge on any atom is -0.483 e. The quantitative estimate of drug-likeness (QED) is 0.599. The summed E-state index contributed by atoms with van der Waals surface area (Å²) < 4.78 is 0. The van der Waals surface area contributed by atoms with Gasteiger partial charge in [0.05, 0.1) is 17.1 Å². The smallest absolute Gasteiger partial charge is 0.290 e. The van der Waals surface area contributed by atoms with Crippen molar-refractivity contribution in [3.63, 3.8) is 0 Å². The third kappa shape index (κ3) is 7.93. The molecule has 1 aromatic heterocycles. The number of hydrogen-bond acceptors (Lipinski definition) is 5. The first-order valence-electron chi connectivity index (χ1n) is 7.35. The summed E-state index contributed by atoms with van der Waals surface area (Å²) >= 11 is 0. The zero-order valence-corrected chi connectivity index (χ0v) is 14.7. The molecule has 0 spiro atoms. The predicted molar refractivity (Wildman–Crippen MR) is 93.2 cm³/mol. The Morgan fingerprint density at radius 2 is 1.88 bits per heavy atom. The number of aryl methyl sites for hydroxylation is 1. The second kappa shape index (κ2) is 11.6. The summed E-state index contributed by atoms with van der Waals surface area (Å²) in [5, 5.41) is 16.7. The highest BCUT2D eigenvalue weighted by atomic mass is 16.3. The van der Waals surface area contributed by atoms with Crippen LogP contribution in [0.5, 0.6) is 0 Å². The Hall–Kier alpha value is -2.94. The summed E-state index contributed by atoms with van der Waals surface area (Å²) in [6.07, 6.45) is 0. The monoisotopic (exact) mass is 352 g/mol. The lowest BCUT2D eigenvalue weighted by atomic mass is 10.2. The number of H-pyrrole nitrogens is 1. The molecule has 1 atom stereocenters. The highest BCUT2D eigenvalue weighted by Crippen LogP contribution is 2.13. The molecule has 0 bridgehead atoms. The lowest BCUT2D eigenvalue weighted by molar-refractivity contribution is -0.125. The van der Waals surface area contributed by atoms with Gasteiger partial charge in [0.15, 0.2) is 0 Å². The van der Waals surface area contributed by atoms with E-state index >= 15 is 0 Å². The van der Waals surface area contributed by atoms with Crippen LogP contribution in [-0.4, -0.2) is 64.1 Å². The second-order valence-electron chi connectivity index (χ2n) is 5.24. The van der Waals surface area contributed by atoms with Crippen LogP contribution >= 0.6 is 0 Å². The van der Waals surface area contributed by atoms with Gasteiger partial charge in [0.2, 0.25) is 5.91 Å². The molecule has 0 aliphatic carbocycles. The lowest BCUT2D eigenvalue weighted by Crippen LogP contribution is -2.41. The summed E-state index contributed by atoms with van der Waals surface area (Å²) in [5.41, 5.74) is 3.02. The van der Waals surface area contributed by atoms with E-state index in [1.807, 2.05) is 51.0 Å². The molecule has 1 heterocycles. The number of carboxylic acid groups (broad SMARTS) is 2. The van der Waals surface area contributed by atoms with E-state index in [9.17, 15) is 4.79 Å². The summed E-state index contributed by atoms with van der Waals surface area (Å²) in [4.78, 5) is 38.0. The van der Waals surface area contributed by atoms with Crippen molar-refractivity contribution in [2.24, 2.45) is 0 Å². The summed E-state index contributed by atoms with van der Waals surface area (Å²) in [5.74, 6) is 0.934. The van der Waals surface area contributed by atoms with Gasteiger partial charge < -0.3 is 20.5 Å². The van der Waals surface area contributed by atoms with Gasteiger partial charge in [0.1, 0.15) is 5.82 Å². The van der Waals surface area contributed by atoms with Crippen LogP contribution in [0.1, 0.15) is 18.3 Å². The van der Waals surface area contributed by atoms with Crippen LogP contribution in [0.15, 0.2) is 18.2 Å². The van der Waals surface area contributed by atoms with Crippen LogP contribution in [0.2, 0.25) is 0 Å². The largest absolute Gasteiger partial charge is 0.483 e. The number of carbonyl (C=O) groups is 3. The molecule has 1 unspecified atom stereocenters. The molecule has 9 nitrogen and oxygen atoms in total. The van der Waals surface area contributed by atoms with Crippen molar-refractivity contribution >= 4 is 29.9 Å². The predicted octanol–water partition coefficient (Wildman–Crippen LogP) is 0.839. The highest BCUT2D eigenvalue weighted by molar-refractivity contribution is 5.81. The molecule has 1 amide bonds. The summed E-state index contributed by atoms with van der Waals surface area (Å²) in [6, 6.07) is 5.85. The van der Waals surface area contributed by atoms with E-state index in [0.29, 0.717) is 6.54 Å². The number of aromatic amines is 1. The molecule has 25 heavy (non-hydrogen) atoms. The number of carbonyl (C=O) groups excluding carboxylic acids is 1. The molecule has 138 valence electrons. The maximum atomic E-state index is 11.9. The average molecular weight is 352 g/mol. The van der Waals surface area contributed by atoms with Gasteiger partial charge in [-0.15, -0.1) is 0 Å². The van der Waals surface area contributed by atoms with Gasteiger partial charge >= 0.3 is 0 Å². The number of hydrogen-bond donors (Lipinski definition) is 4. The average Bonchev–Trinajstić information content (AvgIpc) is 2.92. The first-order chi connectivity index (χ1) is 11.8. The Morgan fingerprint density at radius 1 is 1.32 bits per heavy atom. The van der Waals surface area contributed by atoms with Crippen molar-refractivity contribution in [3.05, 3.63) is 29.6 Å². The number of aromatic nitrogens is 2. The molecule has 4 N–H and O–H groups in total. The Kier molecular flexibility index (Phi) is 10.2. The standard InChI is InChI=1S/C14H20N4O.2CH2O2/c1-9(18(3)4)14(19)15-8-11-5-6-12-13(7-11)17-10(2)16-12;2*2-1-3/h5-7,9H,8H2,1-4H3,(H,15,19)(H,16,17);2*1H,(H,2,3). The number of imidazole rings is 1. The molecule has 2 aromatic rings. The molecular weight excluding hydrogens is 328 g/mol. The molecular formula is C16H24N4O5. The van der Waals surface area contributed by atoms with Crippen molar-refractivity contribution in [2.45, 2.75) is 26.4 Å². The molecule has 9 heteroatoms. The van der Waals surface area contributed by atoms with E-state index in [0.717, 1.165) is 22.4 Å². The zero-order valence-electron chi connectivity index (χ0n) is 14.7. The Labute approximate surface area is 145 Å². The normalized spacial score (nSPS) is 10.8. The van der Waals surface area contributed by atoms with Crippen LogP contribution in [0.25, 0.3) is 11.0 Å². The number of nitrogens with one attached hydrogen (secondary N) is 2. The molecule has 0 aliphatic rings. The van der Waals surface area contributed by atoms with Crippen molar-refractivity contribution < 1.29 is 24.6 Å². The van der Waals surface area contributed by atoms with E-state index in [2.05, 4.69) is 15.3 Å². The number of benzene rings is 1. The third-order valence-electron chi connectivity index (χ3n) is 3.29. The number of rotatable bonds is 4. The highest BCUT2D eigenvalue weighted by Gasteiger charge is 2.14. The fraction of sp³-hybridized carbons (Fsp3) is 0.375. The van der Waals surface area contributed by atoms with Gasteiger partial charge in [0.25, 0.3) is 12.9 Å². The zero-order chi connectivity index (χ0) is 19.4. The fourth-order valence-electron chi connectivity index (χ4n) is 1.87. The van der Waals surface area contributed by atoms with E-state index in [-0.39, 0.29) is 24.9 Å². The van der Waals surface area contributed by atoms with E-state index < -0.39 is 0 Å². The van der Waals surface area contributed by atoms with Gasteiger partial charge in [-0.25, -0.2) is 4.98 Å². The summed E-state index contributed by atoms with van der Waals surface area (Å²) in [6.45, 7) is 3.85. The Morgan fingerprint density at radius 3 is 2.40 bits per heavy atom. The van der Waals surface area contributed by atoms with Gasteiger partial charge in [0, 0.05) is 6.54 Å². The molecule has 0 radical (unpaired) electrons. The molecule has 2 rings (SSSR count). The number of nitrogens with zero attached hydrogens (tertiary/aromatic N) is 2. The van der Waals surface area contributed by atoms with Crippen LogP contribution in [0, 0.1) is 6.92 Å². The summed E-state index contributed by atoms with van der Waals surface area (Å²) in [7, 11) is 3.79. The SMILES string of the molecule is Cc1nc2ccc(CNC(=O)C(C)N(C)C)cc2[nH]1.O=CO.O=CO. The van der Waals surface area contributed by atoms with Crippen molar-refractivity contribution in [1.29, 1.82) is 0 Å². The van der Waals surface area contributed by atoms with Gasteiger partial charge in [-0.1, -0.05) is 6.07 Å². The maximum absolute atomic E-state index is 11.9. The fourth-order valence-corrected chi connectivity index (χ4v) is 1.87. The Bertz CT molecular complexity index is 678. The second-order valence-corrected chi connectivity index (χ2v) is 5.24. The van der Waals surface area contributed by atoms with Gasteiger partial charge in [-0.2, -0.15) is 0 Å². The Balaban J connectivity index is 0.000000844. The van der Waals surface area contributed by atoms with E-state index in [1.165, 1.54) is 0 Å². The van der Waals surface area contributed by atoms with Crippen LogP contribution in [-0.2, 0) is 20.9 Å². The molecule has 0 saturated heterocycles. The first-order valence-corrected chi connectivity index (χ1v) is 7.35. The van der Waals surface area contributed by atoms with E-state index in [4.69, 9.17) is 19.8 Å². The molecule has 0 saturated carbocycles. The maximum Gasteiger partial charge on any atom is 0.290 e. The number of likely N-dealkylation sites (N-methyl/N-ethyl adjacent to an activating group) is 1. The number of amides is 1. The minimum atomic E-state index is -0.250. The third-order valence-corrected chi connectivity index (χ3v) is 3.29. The van der Waals surface area contributed by atoms with Crippen LogP contribution in [0.4, 0.5) is 0 Å².